The van der Waals surface area contributed by atoms with Crippen LogP contribution in [0.1, 0.15) is 33.7 Å². The zero-order valence-electron chi connectivity index (χ0n) is 16.8. The predicted molar refractivity (Wildman–Crippen MR) is 105 cm³/mol. The van der Waals surface area contributed by atoms with Crippen LogP contribution in [0, 0.1) is 11.3 Å². The zero-order valence-corrected chi connectivity index (χ0v) is 16.8. The van der Waals surface area contributed by atoms with Crippen molar-refractivity contribution in [2.45, 2.75) is 19.3 Å². The van der Waals surface area contributed by atoms with Crippen LogP contribution < -0.4 is 14.4 Å². The van der Waals surface area contributed by atoms with Crippen LogP contribution in [0.5, 0.6) is 11.5 Å². The third-order valence-corrected chi connectivity index (χ3v) is 4.89. The maximum Gasteiger partial charge on any atom is 0.586 e. The molecule has 1 aliphatic heterocycles. The quantitative estimate of drug-likeness (QED) is 0.580. The number of benzene rings is 2. The molecular weight excluding hydrogens is 448 g/mol. The number of ether oxygens (including phenoxy) is 2. The molecule has 0 spiro atoms. The number of hydrogen-bond donors (Lipinski definition) is 1. The molecule has 12 heteroatoms. The normalized spacial score (nSPS) is 13.8. The highest BCUT2D eigenvalue weighted by Gasteiger charge is 2.43. The molecule has 8 nitrogen and oxygen atoms in total. The van der Waals surface area contributed by atoms with Gasteiger partial charge in [-0.3, -0.25) is 4.79 Å². The maximum absolute atomic E-state index is 13.3. The highest BCUT2D eigenvalue weighted by atomic mass is 19.3. The predicted octanol–water partition coefficient (Wildman–Crippen LogP) is 3.77. The molecule has 0 fully saturated rings. The summed E-state index contributed by atoms with van der Waals surface area (Å²) in [5, 5.41) is 22.5. The van der Waals surface area contributed by atoms with Crippen LogP contribution in [-0.2, 0) is 6.61 Å². The second kappa shape index (κ2) is 8.10. The van der Waals surface area contributed by atoms with Crippen molar-refractivity contribution in [2.24, 2.45) is 0 Å². The first-order valence-corrected chi connectivity index (χ1v) is 9.34. The van der Waals surface area contributed by atoms with Gasteiger partial charge in [0.1, 0.15) is 17.3 Å². The molecule has 4 rings (SSSR count). The van der Waals surface area contributed by atoms with Crippen molar-refractivity contribution in [3.63, 3.8) is 0 Å². The first-order chi connectivity index (χ1) is 15.6. The minimum Gasteiger partial charge on any atom is -0.395 e. The Hall–Kier alpha value is -4.11. The minimum absolute atomic E-state index is 0.106. The summed E-state index contributed by atoms with van der Waals surface area (Å²) in [6.45, 7) is -0.734. The van der Waals surface area contributed by atoms with Crippen molar-refractivity contribution in [2.75, 3.05) is 11.9 Å². The van der Waals surface area contributed by atoms with Crippen LogP contribution in [0.25, 0.3) is 5.69 Å². The monoisotopic (exact) mass is 462 g/mol. The Labute approximate surface area is 183 Å². The number of carbonyl (C=O) groups is 1. The molecule has 3 aromatic rings. The summed E-state index contributed by atoms with van der Waals surface area (Å²) < 4.78 is 62.7. The number of alkyl halides is 4. The number of nitriles is 1. The largest absolute Gasteiger partial charge is 0.586 e. The van der Waals surface area contributed by atoms with Gasteiger partial charge in [-0.25, -0.2) is 13.5 Å². The molecule has 170 valence electrons. The Morgan fingerprint density at radius 2 is 1.97 bits per heavy atom. The van der Waals surface area contributed by atoms with Gasteiger partial charge in [-0.15, -0.1) is 8.78 Å². The van der Waals surface area contributed by atoms with E-state index >= 15 is 0 Å². The number of fused-ring (bicyclic) bond motifs is 1. The van der Waals surface area contributed by atoms with Crippen LogP contribution in [0.2, 0.25) is 0 Å². The Morgan fingerprint density at radius 3 is 2.64 bits per heavy atom. The summed E-state index contributed by atoms with van der Waals surface area (Å²) in [6.07, 6.45) is -6.84. The van der Waals surface area contributed by atoms with Crippen LogP contribution in [0.15, 0.2) is 42.5 Å². The number of halogens is 4. The molecule has 1 aliphatic rings. The van der Waals surface area contributed by atoms with Crippen molar-refractivity contribution >= 4 is 11.6 Å². The van der Waals surface area contributed by atoms with Gasteiger partial charge < -0.3 is 19.5 Å². The lowest BCUT2D eigenvalue weighted by Gasteiger charge is -2.18. The van der Waals surface area contributed by atoms with E-state index in [-0.39, 0.29) is 34.1 Å². The molecule has 0 saturated heterocycles. The van der Waals surface area contributed by atoms with Gasteiger partial charge in [0.05, 0.1) is 18.0 Å². The number of aliphatic hydroxyl groups excluding tert-OH is 1. The van der Waals surface area contributed by atoms with Crippen LogP contribution in [0.4, 0.5) is 23.2 Å². The Bertz CT molecular complexity index is 1290. The van der Waals surface area contributed by atoms with E-state index in [9.17, 15) is 32.7 Å². The standard InChI is InChI=1S/C21H14F4N4O4/c1-28(12-5-6-16-17(8-12)33-21(24,25)32-16)20(31)11-3-2-4-13(7-11)29-15(10-30)14(9-26)18(27-29)19(22)23/h2-8,19,30H,10H2,1H3. The molecular formula is C21H14F4N4O4. The number of amides is 1. The van der Waals surface area contributed by atoms with Gasteiger partial charge in [0.15, 0.2) is 11.5 Å². The molecule has 0 bridgehead atoms. The minimum atomic E-state index is -3.80. The molecule has 0 unspecified atom stereocenters. The molecule has 0 radical (unpaired) electrons. The van der Waals surface area contributed by atoms with Crippen LogP contribution >= 0.6 is 0 Å². The zero-order chi connectivity index (χ0) is 23.9. The highest BCUT2D eigenvalue weighted by molar-refractivity contribution is 6.06. The van der Waals surface area contributed by atoms with E-state index in [0.717, 1.165) is 4.68 Å². The number of nitrogens with zero attached hydrogens (tertiary/aromatic N) is 4. The number of rotatable bonds is 5. The lowest BCUT2D eigenvalue weighted by molar-refractivity contribution is -0.286. The number of hydrogen-bond acceptors (Lipinski definition) is 6. The first-order valence-electron chi connectivity index (χ1n) is 9.34. The Kier molecular flexibility index (Phi) is 5.43. The summed E-state index contributed by atoms with van der Waals surface area (Å²) in [7, 11) is 1.40. The fourth-order valence-corrected chi connectivity index (χ4v) is 3.33. The summed E-state index contributed by atoms with van der Waals surface area (Å²) in [5.74, 6) is -0.974. The van der Waals surface area contributed by atoms with Crippen molar-refractivity contribution in [1.82, 2.24) is 9.78 Å². The van der Waals surface area contributed by atoms with Gasteiger partial charge in [0.2, 0.25) is 0 Å². The van der Waals surface area contributed by atoms with Gasteiger partial charge in [-0.1, -0.05) is 6.07 Å². The lowest BCUT2D eigenvalue weighted by Crippen LogP contribution is -2.26. The molecule has 0 saturated carbocycles. The highest BCUT2D eigenvalue weighted by Crippen LogP contribution is 2.42. The number of anilines is 1. The number of aliphatic hydroxyl groups is 1. The van der Waals surface area contributed by atoms with Gasteiger partial charge in [-0.2, -0.15) is 10.4 Å². The summed E-state index contributed by atoms with van der Waals surface area (Å²) in [6, 6.07) is 11.2. The van der Waals surface area contributed by atoms with E-state index in [0.29, 0.717) is 0 Å². The van der Waals surface area contributed by atoms with E-state index in [2.05, 4.69) is 14.6 Å². The molecule has 1 N–H and O–H groups in total. The van der Waals surface area contributed by atoms with Crippen molar-refractivity contribution < 1.29 is 36.9 Å². The molecule has 2 aromatic carbocycles. The SMILES string of the molecule is CN(C(=O)c1cccc(-n2nc(C(F)F)c(C#N)c2CO)c1)c1ccc2c(c1)OC(F)(F)O2. The number of carbonyl (C=O) groups excluding carboxylic acids is 1. The van der Waals surface area contributed by atoms with Gasteiger partial charge in [0.25, 0.3) is 12.3 Å². The van der Waals surface area contributed by atoms with Gasteiger partial charge >= 0.3 is 6.29 Å². The van der Waals surface area contributed by atoms with Gasteiger partial charge in [-0.05, 0) is 30.3 Å². The molecule has 0 aliphatic carbocycles. The summed E-state index contributed by atoms with van der Waals surface area (Å²) >= 11 is 0. The van der Waals surface area contributed by atoms with Crippen LogP contribution in [-0.4, -0.2) is 34.1 Å². The Balaban J connectivity index is 1.67. The van der Waals surface area contributed by atoms with Gasteiger partial charge in [0, 0.05) is 24.4 Å². The van der Waals surface area contributed by atoms with Crippen molar-refractivity contribution in [1.29, 1.82) is 5.26 Å². The first kappa shape index (κ1) is 22.1. The lowest BCUT2D eigenvalue weighted by atomic mass is 10.1. The fourth-order valence-electron chi connectivity index (χ4n) is 3.33. The average Bonchev–Trinajstić information content (AvgIpc) is 3.33. The molecule has 1 aromatic heterocycles. The third-order valence-electron chi connectivity index (χ3n) is 4.89. The van der Waals surface area contributed by atoms with E-state index in [1.165, 1.54) is 54.4 Å². The average molecular weight is 462 g/mol. The summed E-state index contributed by atoms with van der Waals surface area (Å²) in [5.41, 5.74) is -0.887. The fraction of sp³-hybridized carbons (Fsp3) is 0.190. The molecule has 2 heterocycles. The van der Waals surface area contributed by atoms with E-state index in [1.807, 2.05) is 0 Å². The maximum atomic E-state index is 13.3. The smallest absolute Gasteiger partial charge is 0.395 e. The third kappa shape index (κ3) is 3.94. The van der Waals surface area contributed by atoms with E-state index in [1.54, 1.807) is 6.07 Å². The molecule has 1 amide bonds. The van der Waals surface area contributed by atoms with Crippen molar-refractivity contribution in [3.8, 4) is 23.3 Å². The van der Waals surface area contributed by atoms with E-state index in [4.69, 9.17) is 0 Å². The molecule has 0 atom stereocenters. The van der Waals surface area contributed by atoms with E-state index < -0.39 is 36.5 Å². The van der Waals surface area contributed by atoms with Crippen molar-refractivity contribution in [3.05, 3.63) is 65.0 Å². The topological polar surface area (TPSA) is 101 Å². The van der Waals surface area contributed by atoms with Crippen LogP contribution in [0.3, 0.4) is 0 Å². The molecule has 33 heavy (non-hydrogen) atoms. The Morgan fingerprint density at radius 1 is 1.24 bits per heavy atom. The second-order valence-electron chi connectivity index (χ2n) is 6.90. The summed E-state index contributed by atoms with van der Waals surface area (Å²) in [4.78, 5) is 14.2. The number of aromatic nitrogens is 2. The second-order valence-corrected chi connectivity index (χ2v) is 6.90.